The van der Waals surface area contributed by atoms with Gasteiger partial charge >= 0.3 is 0 Å². The van der Waals surface area contributed by atoms with E-state index < -0.39 is 12.5 Å². The van der Waals surface area contributed by atoms with Crippen molar-refractivity contribution < 1.29 is 13.5 Å². The van der Waals surface area contributed by atoms with Gasteiger partial charge in [-0.1, -0.05) is 18.2 Å². The second kappa shape index (κ2) is 5.48. The fourth-order valence-electron chi connectivity index (χ4n) is 2.93. The second-order valence-electron chi connectivity index (χ2n) is 5.31. The van der Waals surface area contributed by atoms with Crippen LogP contribution in [0.1, 0.15) is 29.2 Å². The lowest BCUT2D eigenvalue weighted by molar-refractivity contribution is -0.0276. The largest absolute Gasteiger partial charge is 0.369 e. The van der Waals surface area contributed by atoms with E-state index in [1.54, 1.807) is 0 Å². The van der Waals surface area contributed by atoms with Gasteiger partial charge in [-0.3, -0.25) is 4.99 Å². The number of fused-ring (bicyclic) bond motifs is 1. The molecule has 0 saturated heterocycles. The molecule has 2 unspecified atom stereocenters. The number of hydrogen-bond acceptors (Lipinski definition) is 3. The van der Waals surface area contributed by atoms with Gasteiger partial charge in [0.25, 0.3) is 0 Å². The van der Waals surface area contributed by atoms with Crippen molar-refractivity contribution in [3.8, 4) is 0 Å². The summed E-state index contributed by atoms with van der Waals surface area (Å²) < 4.78 is 31.2. The number of ether oxygens (including phenoxy) is 1. The maximum absolute atomic E-state index is 12.7. The van der Waals surface area contributed by atoms with E-state index in [2.05, 4.69) is 10.3 Å². The van der Waals surface area contributed by atoms with Gasteiger partial charge in [-0.15, -0.1) is 0 Å². The number of nitrogens with one attached hydrogen (secondary N) is 1. The summed E-state index contributed by atoms with van der Waals surface area (Å²) in [5.41, 5.74) is 3.32. The first-order valence-corrected chi connectivity index (χ1v) is 6.95. The quantitative estimate of drug-likeness (QED) is 0.923. The topological polar surface area (TPSA) is 33.6 Å². The van der Waals surface area contributed by atoms with E-state index in [1.807, 2.05) is 25.1 Å². The van der Waals surface area contributed by atoms with Crippen molar-refractivity contribution in [3.05, 3.63) is 34.9 Å². The molecular weight excluding hydrogens is 262 g/mol. The summed E-state index contributed by atoms with van der Waals surface area (Å²) in [4.78, 5) is 4.39. The summed E-state index contributed by atoms with van der Waals surface area (Å²) >= 11 is 0. The van der Waals surface area contributed by atoms with Crippen molar-refractivity contribution in [2.45, 2.75) is 38.4 Å². The normalized spacial score (nSPS) is 25.3. The summed E-state index contributed by atoms with van der Waals surface area (Å²) in [6.45, 7) is 3.52. The lowest BCUT2D eigenvalue weighted by Gasteiger charge is -2.33. The molecule has 2 atom stereocenters. The van der Waals surface area contributed by atoms with E-state index >= 15 is 0 Å². The van der Waals surface area contributed by atoms with Crippen LogP contribution in [0.4, 0.5) is 8.78 Å². The molecule has 3 rings (SSSR count). The van der Waals surface area contributed by atoms with Crippen LogP contribution < -0.4 is 5.32 Å². The van der Waals surface area contributed by atoms with Crippen LogP contribution in [0.25, 0.3) is 0 Å². The third kappa shape index (κ3) is 2.54. The molecule has 20 heavy (non-hydrogen) atoms. The van der Waals surface area contributed by atoms with Crippen LogP contribution in [-0.4, -0.2) is 31.5 Å². The van der Waals surface area contributed by atoms with Gasteiger partial charge in [0.15, 0.2) is 0 Å². The van der Waals surface area contributed by atoms with Crippen LogP contribution in [0.3, 0.4) is 0 Å². The van der Waals surface area contributed by atoms with E-state index in [0.29, 0.717) is 6.42 Å². The Balaban J connectivity index is 1.95. The van der Waals surface area contributed by atoms with Crippen LogP contribution in [0.15, 0.2) is 23.2 Å². The molecule has 0 radical (unpaired) electrons. The van der Waals surface area contributed by atoms with Crippen molar-refractivity contribution in [1.82, 2.24) is 5.32 Å². The number of hydrogen-bond donors (Lipinski definition) is 1. The van der Waals surface area contributed by atoms with Crippen molar-refractivity contribution in [2.24, 2.45) is 4.99 Å². The molecule has 0 aliphatic carbocycles. The summed E-state index contributed by atoms with van der Waals surface area (Å²) in [7, 11) is 0. The highest BCUT2D eigenvalue weighted by Crippen LogP contribution is 2.35. The summed E-state index contributed by atoms with van der Waals surface area (Å²) in [5, 5.41) is 3.20. The molecular formula is C15H18F2N2O. The number of rotatable bonds is 3. The van der Waals surface area contributed by atoms with Gasteiger partial charge in [0.2, 0.25) is 6.43 Å². The Morgan fingerprint density at radius 3 is 3.00 bits per heavy atom. The molecule has 0 aromatic heterocycles. The van der Waals surface area contributed by atoms with Gasteiger partial charge in [-0.2, -0.15) is 0 Å². The van der Waals surface area contributed by atoms with Gasteiger partial charge in [0.1, 0.15) is 11.9 Å². The zero-order valence-corrected chi connectivity index (χ0v) is 11.4. The van der Waals surface area contributed by atoms with Crippen LogP contribution in [0, 0.1) is 6.92 Å². The van der Waals surface area contributed by atoms with Gasteiger partial charge in [-0.05, 0) is 30.0 Å². The minimum absolute atomic E-state index is 0.225. The fourth-order valence-corrected chi connectivity index (χ4v) is 2.93. The Labute approximate surface area is 117 Å². The number of amidine groups is 1. The second-order valence-corrected chi connectivity index (χ2v) is 5.31. The molecule has 1 aromatic carbocycles. The zero-order valence-electron chi connectivity index (χ0n) is 11.4. The van der Waals surface area contributed by atoms with Crippen molar-refractivity contribution in [3.63, 3.8) is 0 Å². The third-order valence-corrected chi connectivity index (χ3v) is 3.88. The molecule has 1 N–H and O–H groups in total. The molecule has 3 nitrogen and oxygen atoms in total. The monoisotopic (exact) mass is 280 g/mol. The predicted octanol–water partition coefficient (Wildman–Crippen LogP) is 2.63. The van der Waals surface area contributed by atoms with Crippen molar-refractivity contribution >= 4 is 5.84 Å². The number of aryl methyl sites for hydroxylation is 1. The average molecular weight is 280 g/mol. The lowest BCUT2D eigenvalue weighted by atomic mass is 9.89. The average Bonchev–Trinajstić information content (AvgIpc) is 2.92. The Bertz CT molecular complexity index is 531. The molecule has 2 aliphatic heterocycles. The summed E-state index contributed by atoms with van der Waals surface area (Å²) in [6, 6.07) is 6.01. The maximum atomic E-state index is 12.7. The first-order chi connectivity index (χ1) is 9.65. The number of alkyl halides is 2. The van der Waals surface area contributed by atoms with Crippen LogP contribution in [-0.2, 0) is 11.2 Å². The Kier molecular flexibility index (Phi) is 3.70. The third-order valence-electron chi connectivity index (χ3n) is 3.88. The predicted molar refractivity (Wildman–Crippen MR) is 73.4 cm³/mol. The Morgan fingerprint density at radius 1 is 1.45 bits per heavy atom. The summed E-state index contributed by atoms with van der Waals surface area (Å²) in [5.74, 6) is 0.774. The van der Waals surface area contributed by atoms with Gasteiger partial charge in [0, 0.05) is 13.0 Å². The molecule has 108 valence electrons. The number of benzene rings is 1. The first-order valence-electron chi connectivity index (χ1n) is 6.95. The van der Waals surface area contributed by atoms with Crippen molar-refractivity contribution in [2.75, 3.05) is 13.1 Å². The molecule has 1 aromatic rings. The molecule has 5 heteroatoms. The molecule has 0 amide bonds. The van der Waals surface area contributed by atoms with Gasteiger partial charge in [-0.25, -0.2) is 8.78 Å². The first kappa shape index (κ1) is 13.5. The van der Waals surface area contributed by atoms with E-state index in [0.717, 1.165) is 35.6 Å². The Hall–Kier alpha value is -1.49. The minimum Gasteiger partial charge on any atom is -0.369 e. The van der Waals surface area contributed by atoms with E-state index in [1.165, 1.54) is 0 Å². The highest BCUT2D eigenvalue weighted by molar-refractivity contribution is 5.89. The molecule has 0 bridgehead atoms. The Morgan fingerprint density at radius 2 is 2.30 bits per heavy atom. The standard InChI is InChI=1S/C15H18F2N2O/c1-9-3-2-4-11-12(9)7-10(8-13(16)17)20-14(11)15-18-5-6-19-15/h2-4,10,13-14H,5-8H2,1H3,(H,18,19). The summed E-state index contributed by atoms with van der Waals surface area (Å²) in [6.07, 6.45) is -2.79. The SMILES string of the molecule is Cc1cccc2c1CC(CC(F)F)OC2C1=NCCN1. The molecule has 2 heterocycles. The van der Waals surface area contributed by atoms with E-state index in [9.17, 15) is 8.78 Å². The van der Waals surface area contributed by atoms with Crippen molar-refractivity contribution in [1.29, 1.82) is 0 Å². The maximum Gasteiger partial charge on any atom is 0.241 e. The number of aliphatic imine (C=N–C) groups is 1. The van der Waals surface area contributed by atoms with Crippen LogP contribution in [0.5, 0.6) is 0 Å². The molecule has 0 spiro atoms. The smallest absolute Gasteiger partial charge is 0.241 e. The number of nitrogens with zero attached hydrogens (tertiary/aromatic N) is 1. The highest BCUT2D eigenvalue weighted by atomic mass is 19.3. The minimum atomic E-state index is -2.34. The fraction of sp³-hybridized carbons (Fsp3) is 0.533. The lowest BCUT2D eigenvalue weighted by Crippen LogP contribution is -2.36. The van der Waals surface area contributed by atoms with Crippen LogP contribution in [0.2, 0.25) is 0 Å². The highest BCUT2D eigenvalue weighted by Gasteiger charge is 2.33. The van der Waals surface area contributed by atoms with Crippen LogP contribution >= 0.6 is 0 Å². The van der Waals surface area contributed by atoms with Gasteiger partial charge in [0.05, 0.1) is 12.6 Å². The van der Waals surface area contributed by atoms with E-state index in [4.69, 9.17) is 4.74 Å². The molecule has 2 aliphatic rings. The molecule has 0 saturated carbocycles. The zero-order chi connectivity index (χ0) is 14.1. The number of halogens is 2. The van der Waals surface area contributed by atoms with Gasteiger partial charge < -0.3 is 10.1 Å². The molecule has 0 fully saturated rings. The van der Waals surface area contributed by atoms with E-state index in [-0.39, 0.29) is 12.5 Å².